The number of benzene rings is 1. The summed E-state index contributed by atoms with van der Waals surface area (Å²) in [7, 11) is 1.76. The van der Waals surface area contributed by atoms with Crippen LogP contribution in [0.15, 0.2) is 24.3 Å². The SMILES string of the molecule is CC(=O)N(C)Cc1cccc(NC(=O)C2CNC2)c1. The predicted octanol–water partition coefficient (Wildman–Crippen LogP) is 0.823. The lowest BCUT2D eigenvalue weighted by atomic mass is 10.0. The fourth-order valence-electron chi connectivity index (χ4n) is 1.85. The Morgan fingerprint density at radius 1 is 1.42 bits per heavy atom. The van der Waals surface area contributed by atoms with Gasteiger partial charge in [-0.1, -0.05) is 12.1 Å². The topological polar surface area (TPSA) is 61.4 Å². The molecule has 0 bridgehead atoms. The smallest absolute Gasteiger partial charge is 0.230 e. The maximum atomic E-state index is 11.8. The zero-order valence-corrected chi connectivity index (χ0v) is 11.3. The van der Waals surface area contributed by atoms with Crippen molar-refractivity contribution in [2.45, 2.75) is 13.5 Å². The molecule has 0 radical (unpaired) electrons. The standard InChI is InChI=1S/C14H19N3O2/c1-10(18)17(2)9-11-4-3-5-13(6-11)16-14(19)12-7-15-8-12/h3-6,12,15H,7-9H2,1-2H3,(H,16,19). The molecule has 1 aliphatic heterocycles. The molecule has 2 amide bonds. The Balaban J connectivity index is 1.98. The first kappa shape index (κ1) is 13.5. The minimum absolute atomic E-state index is 0.0231. The van der Waals surface area contributed by atoms with Gasteiger partial charge in [-0.3, -0.25) is 9.59 Å². The lowest BCUT2D eigenvalue weighted by Gasteiger charge is -2.25. The third-order valence-corrected chi connectivity index (χ3v) is 3.30. The van der Waals surface area contributed by atoms with Crippen LogP contribution in [-0.2, 0) is 16.1 Å². The second-order valence-corrected chi connectivity index (χ2v) is 4.92. The largest absolute Gasteiger partial charge is 0.342 e. The van der Waals surface area contributed by atoms with Gasteiger partial charge in [-0.05, 0) is 17.7 Å². The van der Waals surface area contributed by atoms with Gasteiger partial charge in [-0.2, -0.15) is 0 Å². The first-order valence-electron chi connectivity index (χ1n) is 6.38. The van der Waals surface area contributed by atoms with Crippen molar-refractivity contribution in [1.29, 1.82) is 0 Å². The second-order valence-electron chi connectivity index (χ2n) is 4.92. The first-order valence-corrected chi connectivity index (χ1v) is 6.38. The lowest BCUT2D eigenvalue weighted by Crippen LogP contribution is -2.48. The Kier molecular flexibility index (Phi) is 4.16. The molecule has 0 unspecified atom stereocenters. The van der Waals surface area contributed by atoms with E-state index in [1.165, 1.54) is 6.92 Å². The highest BCUT2D eigenvalue weighted by atomic mass is 16.2. The third kappa shape index (κ3) is 3.54. The molecule has 0 spiro atoms. The summed E-state index contributed by atoms with van der Waals surface area (Å²) >= 11 is 0. The van der Waals surface area contributed by atoms with Crippen LogP contribution in [0, 0.1) is 5.92 Å². The zero-order chi connectivity index (χ0) is 13.8. The van der Waals surface area contributed by atoms with E-state index in [2.05, 4.69) is 10.6 Å². The van der Waals surface area contributed by atoms with Crippen molar-refractivity contribution in [1.82, 2.24) is 10.2 Å². The van der Waals surface area contributed by atoms with Gasteiger partial charge in [0.2, 0.25) is 11.8 Å². The Morgan fingerprint density at radius 2 is 2.16 bits per heavy atom. The van der Waals surface area contributed by atoms with E-state index in [-0.39, 0.29) is 17.7 Å². The molecule has 5 heteroatoms. The van der Waals surface area contributed by atoms with Crippen LogP contribution < -0.4 is 10.6 Å². The first-order chi connectivity index (χ1) is 9.06. The Bertz CT molecular complexity index is 483. The van der Waals surface area contributed by atoms with E-state index in [1.807, 2.05) is 24.3 Å². The van der Waals surface area contributed by atoms with E-state index < -0.39 is 0 Å². The number of hydrogen-bond acceptors (Lipinski definition) is 3. The number of nitrogens with zero attached hydrogens (tertiary/aromatic N) is 1. The number of nitrogens with one attached hydrogen (secondary N) is 2. The molecule has 5 nitrogen and oxygen atoms in total. The van der Waals surface area contributed by atoms with Crippen molar-refractivity contribution >= 4 is 17.5 Å². The van der Waals surface area contributed by atoms with Crippen LogP contribution in [0.1, 0.15) is 12.5 Å². The van der Waals surface area contributed by atoms with Gasteiger partial charge in [-0.25, -0.2) is 0 Å². The molecule has 1 aliphatic rings. The zero-order valence-electron chi connectivity index (χ0n) is 11.3. The van der Waals surface area contributed by atoms with Crippen LogP contribution >= 0.6 is 0 Å². The van der Waals surface area contributed by atoms with Crippen molar-refractivity contribution < 1.29 is 9.59 Å². The van der Waals surface area contributed by atoms with Crippen molar-refractivity contribution in [3.63, 3.8) is 0 Å². The number of rotatable bonds is 4. The molecule has 1 aromatic carbocycles. The summed E-state index contributed by atoms with van der Waals surface area (Å²) in [6, 6.07) is 7.60. The van der Waals surface area contributed by atoms with Crippen molar-refractivity contribution in [3.05, 3.63) is 29.8 Å². The minimum Gasteiger partial charge on any atom is -0.342 e. The van der Waals surface area contributed by atoms with E-state index in [0.29, 0.717) is 6.54 Å². The molecule has 1 aromatic rings. The van der Waals surface area contributed by atoms with Crippen molar-refractivity contribution in [3.8, 4) is 0 Å². The highest BCUT2D eigenvalue weighted by Crippen LogP contribution is 2.14. The van der Waals surface area contributed by atoms with Gasteiger partial charge in [0.15, 0.2) is 0 Å². The Hall–Kier alpha value is -1.88. The van der Waals surface area contributed by atoms with Gasteiger partial charge in [0, 0.05) is 39.3 Å². The number of carbonyl (C=O) groups excluding carboxylic acids is 2. The average molecular weight is 261 g/mol. The fraction of sp³-hybridized carbons (Fsp3) is 0.429. The van der Waals surface area contributed by atoms with Crippen LogP contribution in [0.4, 0.5) is 5.69 Å². The molecular formula is C14H19N3O2. The molecule has 2 rings (SSSR count). The van der Waals surface area contributed by atoms with E-state index in [0.717, 1.165) is 24.3 Å². The number of amides is 2. The van der Waals surface area contributed by atoms with Gasteiger partial charge < -0.3 is 15.5 Å². The average Bonchev–Trinajstić information content (AvgIpc) is 2.26. The highest BCUT2D eigenvalue weighted by Gasteiger charge is 2.24. The number of hydrogen-bond donors (Lipinski definition) is 2. The fourth-order valence-corrected chi connectivity index (χ4v) is 1.85. The molecule has 1 saturated heterocycles. The molecule has 1 heterocycles. The minimum atomic E-state index is 0.0231. The molecule has 2 N–H and O–H groups in total. The van der Waals surface area contributed by atoms with Gasteiger partial charge >= 0.3 is 0 Å². The van der Waals surface area contributed by atoms with E-state index in [9.17, 15) is 9.59 Å². The number of anilines is 1. The second kappa shape index (κ2) is 5.84. The molecule has 0 aromatic heterocycles. The maximum absolute atomic E-state index is 11.8. The Labute approximate surface area is 113 Å². The van der Waals surface area contributed by atoms with Crippen molar-refractivity contribution in [2.24, 2.45) is 5.92 Å². The van der Waals surface area contributed by atoms with Crippen molar-refractivity contribution in [2.75, 3.05) is 25.5 Å². The van der Waals surface area contributed by atoms with E-state index in [4.69, 9.17) is 0 Å². The summed E-state index contributed by atoms with van der Waals surface area (Å²) in [5.74, 6) is 0.148. The molecule has 0 aliphatic carbocycles. The predicted molar refractivity (Wildman–Crippen MR) is 73.6 cm³/mol. The Morgan fingerprint density at radius 3 is 2.74 bits per heavy atom. The van der Waals surface area contributed by atoms with Crippen LogP contribution in [0.3, 0.4) is 0 Å². The molecule has 19 heavy (non-hydrogen) atoms. The van der Waals surface area contributed by atoms with Crippen LogP contribution in [0.25, 0.3) is 0 Å². The summed E-state index contributed by atoms with van der Waals surface area (Å²) < 4.78 is 0. The molecule has 102 valence electrons. The summed E-state index contributed by atoms with van der Waals surface area (Å²) in [6.45, 7) is 3.58. The van der Waals surface area contributed by atoms with Gasteiger partial charge in [0.1, 0.15) is 0 Å². The summed E-state index contributed by atoms with van der Waals surface area (Å²) in [6.07, 6.45) is 0. The maximum Gasteiger partial charge on any atom is 0.230 e. The highest BCUT2D eigenvalue weighted by molar-refractivity contribution is 5.93. The molecule has 0 atom stereocenters. The molecule has 0 saturated carbocycles. The van der Waals surface area contributed by atoms with E-state index in [1.54, 1.807) is 11.9 Å². The summed E-state index contributed by atoms with van der Waals surface area (Å²) in [5.41, 5.74) is 1.79. The van der Waals surface area contributed by atoms with Crippen LogP contribution in [-0.4, -0.2) is 36.9 Å². The number of carbonyl (C=O) groups is 2. The third-order valence-electron chi connectivity index (χ3n) is 3.30. The molecular weight excluding hydrogens is 242 g/mol. The van der Waals surface area contributed by atoms with Crippen LogP contribution in [0.2, 0.25) is 0 Å². The summed E-state index contributed by atoms with van der Waals surface area (Å²) in [4.78, 5) is 24.7. The monoisotopic (exact) mass is 261 g/mol. The van der Waals surface area contributed by atoms with Gasteiger partial charge in [0.05, 0.1) is 5.92 Å². The van der Waals surface area contributed by atoms with E-state index >= 15 is 0 Å². The lowest BCUT2D eigenvalue weighted by molar-refractivity contribution is -0.128. The molecule has 1 fully saturated rings. The summed E-state index contributed by atoms with van der Waals surface area (Å²) in [5, 5.41) is 5.98. The quantitative estimate of drug-likeness (QED) is 0.843. The van der Waals surface area contributed by atoms with Gasteiger partial charge in [-0.15, -0.1) is 0 Å². The van der Waals surface area contributed by atoms with Crippen LogP contribution in [0.5, 0.6) is 0 Å². The van der Waals surface area contributed by atoms with Gasteiger partial charge in [0.25, 0.3) is 0 Å². The normalized spacial score (nSPS) is 14.6.